The van der Waals surface area contributed by atoms with Gasteiger partial charge in [0.2, 0.25) is 0 Å². The molecule has 0 aliphatic carbocycles. The monoisotopic (exact) mass is 397 g/mol. The molecule has 0 aromatic heterocycles. The Bertz CT molecular complexity index is 832. The van der Waals surface area contributed by atoms with E-state index in [1.165, 1.54) is 22.3 Å². The molecule has 0 atom stereocenters. The van der Waals surface area contributed by atoms with E-state index >= 15 is 0 Å². The molecule has 3 nitrogen and oxygen atoms in total. The second kappa shape index (κ2) is 11.4. The van der Waals surface area contributed by atoms with Gasteiger partial charge >= 0.3 is 0 Å². The van der Waals surface area contributed by atoms with Crippen molar-refractivity contribution >= 4 is 12.4 Å². The van der Waals surface area contributed by atoms with E-state index in [0.29, 0.717) is 6.61 Å². The topological polar surface area (TPSA) is 30.5 Å². The van der Waals surface area contributed by atoms with E-state index in [0.717, 1.165) is 31.0 Å². The van der Waals surface area contributed by atoms with Crippen molar-refractivity contribution in [3.63, 3.8) is 0 Å². The van der Waals surface area contributed by atoms with E-state index in [2.05, 4.69) is 54.7 Å². The van der Waals surface area contributed by atoms with Gasteiger partial charge in [0, 0.05) is 6.54 Å². The van der Waals surface area contributed by atoms with Gasteiger partial charge in [-0.25, -0.2) is 0 Å². The third kappa shape index (κ3) is 6.59. The molecule has 0 heterocycles. The standard InChI is InChI=1S/C24H27NO2.ClH/c1-19-7-9-21(10-8-19)18-27-23-13-11-20(12-14-23)17-25-16-15-22-5-3-4-6-24(22)26-2;/h3-14,25H,15-18H2,1-2H3;1H. The lowest BCUT2D eigenvalue weighted by atomic mass is 10.1. The molecule has 0 fully saturated rings. The van der Waals surface area contributed by atoms with E-state index in [4.69, 9.17) is 9.47 Å². The number of halogens is 1. The van der Waals surface area contributed by atoms with Crippen molar-refractivity contribution in [1.29, 1.82) is 0 Å². The lowest BCUT2D eigenvalue weighted by molar-refractivity contribution is 0.306. The predicted molar refractivity (Wildman–Crippen MR) is 118 cm³/mol. The molecule has 0 spiro atoms. The largest absolute Gasteiger partial charge is 0.496 e. The van der Waals surface area contributed by atoms with Gasteiger partial charge in [-0.1, -0.05) is 60.2 Å². The lowest BCUT2D eigenvalue weighted by Crippen LogP contribution is -2.16. The minimum Gasteiger partial charge on any atom is -0.496 e. The van der Waals surface area contributed by atoms with Crippen molar-refractivity contribution < 1.29 is 9.47 Å². The molecule has 148 valence electrons. The number of para-hydroxylation sites is 1. The zero-order chi connectivity index (χ0) is 18.9. The highest BCUT2D eigenvalue weighted by Crippen LogP contribution is 2.17. The van der Waals surface area contributed by atoms with Crippen LogP contribution in [0.4, 0.5) is 0 Å². The quantitative estimate of drug-likeness (QED) is 0.494. The summed E-state index contributed by atoms with van der Waals surface area (Å²) in [6.45, 7) is 4.43. The molecule has 4 heteroatoms. The highest BCUT2D eigenvalue weighted by Gasteiger charge is 2.01. The van der Waals surface area contributed by atoms with Gasteiger partial charge in [-0.15, -0.1) is 12.4 Å². The molecule has 0 saturated carbocycles. The molecule has 3 aromatic rings. The molecule has 3 aromatic carbocycles. The summed E-state index contributed by atoms with van der Waals surface area (Å²) in [5.41, 5.74) is 4.93. The van der Waals surface area contributed by atoms with Gasteiger partial charge in [0.25, 0.3) is 0 Å². The van der Waals surface area contributed by atoms with E-state index < -0.39 is 0 Å². The zero-order valence-electron chi connectivity index (χ0n) is 16.5. The first-order valence-electron chi connectivity index (χ1n) is 9.34. The molecule has 0 aliphatic heterocycles. The molecule has 0 saturated heterocycles. The molecule has 0 unspecified atom stereocenters. The number of hydrogen-bond donors (Lipinski definition) is 1. The summed E-state index contributed by atoms with van der Waals surface area (Å²) in [5.74, 6) is 1.85. The fourth-order valence-corrected chi connectivity index (χ4v) is 2.92. The number of hydrogen-bond acceptors (Lipinski definition) is 3. The Morgan fingerprint density at radius 2 is 1.50 bits per heavy atom. The van der Waals surface area contributed by atoms with Gasteiger partial charge < -0.3 is 14.8 Å². The molecule has 0 aliphatic rings. The molecule has 3 rings (SSSR count). The van der Waals surface area contributed by atoms with E-state index in [9.17, 15) is 0 Å². The Hall–Kier alpha value is -2.49. The Kier molecular flexibility index (Phi) is 8.86. The van der Waals surface area contributed by atoms with Crippen LogP contribution in [-0.4, -0.2) is 13.7 Å². The average molecular weight is 398 g/mol. The maximum absolute atomic E-state index is 5.86. The van der Waals surface area contributed by atoms with Crippen LogP contribution in [0.5, 0.6) is 11.5 Å². The molecule has 1 N–H and O–H groups in total. The summed E-state index contributed by atoms with van der Waals surface area (Å²) < 4.78 is 11.3. The van der Waals surface area contributed by atoms with E-state index in [1.807, 2.05) is 30.3 Å². The molecular weight excluding hydrogens is 370 g/mol. The fourth-order valence-electron chi connectivity index (χ4n) is 2.92. The van der Waals surface area contributed by atoms with Crippen molar-refractivity contribution in [2.75, 3.05) is 13.7 Å². The summed E-state index contributed by atoms with van der Waals surface area (Å²) in [7, 11) is 1.72. The first-order chi connectivity index (χ1) is 13.2. The van der Waals surface area contributed by atoms with Gasteiger partial charge in [-0.05, 0) is 54.8 Å². The van der Waals surface area contributed by atoms with Gasteiger partial charge in [0.1, 0.15) is 18.1 Å². The van der Waals surface area contributed by atoms with Crippen molar-refractivity contribution in [3.05, 3.63) is 95.1 Å². The molecule has 0 amide bonds. The summed E-state index contributed by atoms with van der Waals surface area (Å²) in [4.78, 5) is 0. The minimum atomic E-state index is 0. The van der Waals surface area contributed by atoms with Gasteiger partial charge in [-0.2, -0.15) is 0 Å². The summed E-state index contributed by atoms with van der Waals surface area (Å²) in [5, 5.41) is 3.49. The average Bonchev–Trinajstić information content (AvgIpc) is 2.72. The Labute approximate surface area is 174 Å². The second-order valence-electron chi connectivity index (χ2n) is 6.66. The number of nitrogens with one attached hydrogen (secondary N) is 1. The Balaban J connectivity index is 0.00000280. The van der Waals surface area contributed by atoms with Crippen LogP contribution in [0.25, 0.3) is 0 Å². The lowest BCUT2D eigenvalue weighted by Gasteiger charge is -2.10. The third-order valence-electron chi connectivity index (χ3n) is 4.54. The van der Waals surface area contributed by atoms with Crippen LogP contribution < -0.4 is 14.8 Å². The highest BCUT2D eigenvalue weighted by atomic mass is 35.5. The summed E-state index contributed by atoms with van der Waals surface area (Å²) in [6.07, 6.45) is 0.946. The van der Waals surface area contributed by atoms with Crippen molar-refractivity contribution in [2.24, 2.45) is 0 Å². The third-order valence-corrected chi connectivity index (χ3v) is 4.54. The zero-order valence-corrected chi connectivity index (χ0v) is 17.3. The smallest absolute Gasteiger partial charge is 0.122 e. The van der Waals surface area contributed by atoms with Crippen LogP contribution in [0, 0.1) is 6.92 Å². The Morgan fingerprint density at radius 3 is 2.21 bits per heavy atom. The van der Waals surface area contributed by atoms with Gasteiger partial charge in [0.05, 0.1) is 7.11 Å². The van der Waals surface area contributed by atoms with Gasteiger partial charge in [0.15, 0.2) is 0 Å². The SMILES string of the molecule is COc1ccccc1CCNCc1ccc(OCc2ccc(C)cc2)cc1.Cl. The van der Waals surface area contributed by atoms with Crippen molar-refractivity contribution in [1.82, 2.24) is 5.32 Å². The van der Waals surface area contributed by atoms with Crippen LogP contribution in [0.15, 0.2) is 72.8 Å². The first-order valence-corrected chi connectivity index (χ1v) is 9.34. The second-order valence-corrected chi connectivity index (χ2v) is 6.66. The number of methoxy groups -OCH3 is 1. The normalized spacial score (nSPS) is 10.2. The van der Waals surface area contributed by atoms with Crippen molar-refractivity contribution in [2.45, 2.75) is 26.5 Å². The predicted octanol–water partition coefficient (Wildman–Crippen LogP) is 5.34. The maximum Gasteiger partial charge on any atom is 0.122 e. The number of rotatable bonds is 9. The number of ether oxygens (including phenoxy) is 2. The van der Waals surface area contributed by atoms with Crippen molar-refractivity contribution in [3.8, 4) is 11.5 Å². The highest BCUT2D eigenvalue weighted by molar-refractivity contribution is 5.85. The first kappa shape index (κ1) is 21.8. The summed E-state index contributed by atoms with van der Waals surface area (Å²) >= 11 is 0. The molecule has 0 radical (unpaired) electrons. The molecular formula is C24H28ClNO2. The Morgan fingerprint density at radius 1 is 0.821 bits per heavy atom. The summed E-state index contributed by atoms with van der Waals surface area (Å²) in [6, 6.07) is 24.9. The van der Waals surface area contributed by atoms with E-state index in [1.54, 1.807) is 7.11 Å². The van der Waals surface area contributed by atoms with Crippen LogP contribution in [0.3, 0.4) is 0 Å². The number of aryl methyl sites for hydroxylation is 1. The maximum atomic E-state index is 5.86. The molecule has 0 bridgehead atoms. The van der Waals surface area contributed by atoms with E-state index in [-0.39, 0.29) is 12.4 Å². The van der Waals surface area contributed by atoms with Crippen LogP contribution in [0.1, 0.15) is 22.3 Å². The number of benzene rings is 3. The fraction of sp³-hybridized carbons (Fsp3) is 0.250. The molecule has 28 heavy (non-hydrogen) atoms. The minimum absolute atomic E-state index is 0. The van der Waals surface area contributed by atoms with Crippen LogP contribution >= 0.6 is 12.4 Å². The van der Waals surface area contributed by atoms with Crippen LogP contribution in [0.2, 0.25) is 0 Å². The van der Waals surface area contributed by atoms with Crippen LogP contribution in [-0.2, 0) is 19.6 Å². The van der Waals surface area contributed by atoms with Gasteiger partial charge in [-0.3, -0.25) is 0 Å².